The fraction of sp³-hybridized carbons (Fsp3) is 0.500. The lowest BCUT2D eigenvalue weighted by Gasteiger charge is -2.16. The summed E-state index contributed by atoms with van der Waals surface area (Å²) in [4.78, 5) is 11.9. The van der Waals surface area contributed by atoms with Crippen molar-refractivity contribution in [3.8, 4) is 0 Å². The Hall–Kier alpha value is -1.06. The zero-order chi connectivity index (χ0) is 13.3. The van der Waals surface area contributed by atoms with E-state index in [0.29, 0.717) is 11.6 Å². The van der Waals surface area contributed by atoms with Crippen LogP contribution in [-0.4, -0.2) is 12.5 Å². The molecule has 0 radical (unpaired) electrons. The van der Waals surface area contributed by atoms with Gasteiger partial charge in [-0.05, 0) is 56.8 Å². The molecule has 0 fully saturated rings. The predicted octanol–water partition coefficient (Wildman–Crippen LogP) is 2.85. The summed E-state index contributed by atoms with van der Waals surface area (Å²) in [5, 5.41) is 3.49. The van der Waals surface area contributed by atoms with E-state index in [4.69, 9.17) is 17.3 Å². The Morgan fingerprint density at radius 1 is 1.33 bits per heavy atom. The minimum Gasteiger partial charge on any atom is -0.330 e. The highest BCUT2D eigenvalue weighted by Gasteiger charge is 2.39. The fourth-order valence-corrected chi connectivity index (χ4v) is 2.58. The summed E-state index contributed by atoms with van der Waals surface area (Å²) in [6, 6.07) is 4.04. The molecule has 3 N–H and O–H groups in total. The van der Waals surface area contributed by atoms with Gasteiger partial charge in [-0.2, -0.15) is 0 Å². The van der Waals surface area contributed by atoms with Crippen molar-refractivity contribution in [1.82, 2.24) is 0 Å². The van der Waals surface area contributed by atoms with Gasteiger partial charge in [-0.3, -0.25) is 4.79 Å². The third-order valence-electron chi connectivity index (χ3n) is 3.55. The number of nitrogens with one attached hydrogen (secondary N) is 1. The van der Waals surface area contributed by atoms with Crippen LogP contribution in [0.5, 0.6) is 0 Å². The number of carbonyl (C=O) groups is 1. The number of amides is 1. The topological polar surface area (TPSA) is 55.1 Å². The van der Waals surface area contributed by atoms with E-state index >= 15 is 0 Å². The number of hydrogen-bond donors (Lipinski definition) is 2. The van der Waals surface area contributed by atoms with E-state index in [9.17, 15) is 4.79 Å². The maximum Gasteiger partial charge on any atom is 0.234 e. The van der Waals surface area contributed by atoms with Crippen molar-refractivity contribution in [2.45, 2.75) is 38.5 Å². The second-order valence-electron chi connectivity index (χ2n) is 5.33. The van der Waals surface area contributed by atoms with E-state index in [0.717, 1.165) is 30.5 Å². The van der Waals surface area contributed by atoms with Gasteiger partial charge < -0.3 is 11.1 Å². The lowest BCUT2D eigenvalue weighted by molar-refractivity contribution is -0.119. The van der Waals surface area contributed by atoms with Gasteiger partial charge in [-0.15, -0.1) is 0 Å². The van der Waals surface area contributed by atoms with Crippen molar-refractivity contribution in [3.63, 3.8) is 0 Å². The molecule has 1 amide bonds. The number of carbonyl (C=O) groups excluding carboxylic acids is 1. The van der Waals surface area contributed by atoms with Gasteiger partial charge in [0.15, 0.2) is 0 Å². The van der Waals surface area contributed by atoms with E-state index in [1.54, 1.807) is 0 Å². The molecule has 1 aliphatic heterocycles. The number of anilines is 1. The van der Waals surface area contributed by atoms with Gasteiger partial charge in [-0.25, -0.2) is 0 Å². The average molecular weight is 267 g/mol. The van der Waals surface area contributed by atoms with Crippen molar-refractivity contribution in [1.29, 1.82) is 0 Å². The van der Waals surface area contributed by atoms with E-state index in [2.05, 4.69) is 11.4 Å². The number of unbranched alkanes of at least 4 members (excludes halogenated alkanes) is 1. The highest BCUT2D eigenvalue weighted by atomic mass is 35.5. The molecule has 0 atom stereocenters. The number of rotatable bonds is 4. The van der Waals surface area contributed by atoms with Crippen LogP contribution in [0, 0.1) is 0 Å². The molecule has 4 heteroatoms. The first kappa shape index (κ1) is 13.4. The first-order valence-corrected chi connectivity index (χ1v) is 6.69. The molecule has 0 unspecified atom stereocenters. The molecule has 1 aromatic rings. The molecule has 3 nitrogen and oxygen atoms in total. The van der Waals surface area contributed by atoms with Crippen LogP contribution >= 0.6 is 11.6 Å². The molecule has 1 aromatic carbocycles. The number of nitrogens with two attached hydrogens (primary N) is 1. The Labute approximate surface area is 113 Å². The number of aryl methyl sites for hydroxylation is 1. The Morgan fingerprint density at radius 3 is 2.72 bits per heavy atom. The average Bonchev–Trinajstić information content (AvgIpc) is 2.53. The number of fused-ring (bicyclic) bond motifs is 1. The van der Waals surface area contributed by atoms with Gasteiger partial charge in [0.1, 0.15) is 0 Å². The first-order valence-electron chi connectivity index (χ1n) is 6.31. The Morgan fingerprint density at radius 2 is 2.06 bits per heavy atom. The Bertz CT molecular complexity index is 483. The zero-order valence-electron chi connectivity index (χ0n) is 10.8. The molecule has 0 saturated carbocycles. The fourth-order valence-electron chi connectivity index (χ4n) is 2.29. The van der Waals surface area contributed by atoms with Crippen LogP contribution < -0.4 is 11.1 Å². The summed E-state index contributed by atoms with van der Waals surface area (Å²) in [6.07, 6.45) is 3.01. The van der Waals surface area contributed by atoms with Crippen molar-refractivity contribution in [2.75, 3.05) is 11.9 Å². The SMILES string of the molecule is CC1(C)C(=O)Nc2c(Cl)cc(CCCCN)cc21. The van der Waals surface area contributed by atoms with Crippen LogP contribution in [0.2, 0.25) is 5.02 Å². The third kappa shape index (κ3) is 2.25. The molecule has 1 heterocycles. The molecule has 18 heavy (non-hydrogen) atoms. The normalized spacial score (nSPS) is 16.6. The maximum atomic E-state index is 11.9. The van der Waals surface area contributed by atoms with Crippen LogP contribution in [0.3, 0.4) is 0 Å². The summed E-state index contributed by atoms with van der Waals surface area (Å²) >= 11 is 6.24. The summed E-state index contributed by atoms with van der Waals surface area (Å²) in [6.45, 7) is 4.56. The summed E-state index contributed by atoms with van der Waals surface area (Å²) in [5.41, 5.74) is 7.95. The smallest absolute Gasteiger partial charge is 0.234 e. The van der Waals surface area contributed by atoms with Crippen molar-refractivity contribution in [3.05, 3.63) is 28.3 Å². The lowest BCUT2D eigenvalue weighted by Crippen LogP contribution is -2.26. The van der Waals surface area contributed by atoms with E-state index in [1.807, 2.05) is 19.9 Å². The highest BCUT2D eigenvalue weighted by Crippen LogP contribution is 2.42. The van der Waals surface area contributed by atoms with Crippen LogP contribution in [-0.2, 0) is 16.6 Å². The molecule has 98 valence electrons. The van der Waals surface area contributed by atoms with Crippen molar-refractivity contribution >= 4 is 23.2 Å². The number of hydrogen-bond acceptors (Lipinski definition) is 2. The summed E-state index contributed by atoms with van der Waals surface area (Å²) < 4.78 is 0. The van der Waals surface area contributed by atoms with Gasteiger partial charge in [-0.1, -0.05) is 17.7 Å². The molecule has 0 saturated heterocycles. The molecule has 0 bridgehead atoms. The Balaban J connectivity index is 2.31. The third-order valence-corrected chi connectivity index (χ3v) is 3.85. The van der Waals surface area contributed by atoms with Crippen LogP contribution in [0.1, 0.15) is 37.8 Å². The minimum atomic E-state index is -0.497. The van der Waals surface area contributed by atoms with Gasteiger partial charge in [0.25, 0.3) is 0 Å². The predicted molar refractivity (Wildman–Crippen MR) is 75.1 cm³/mol. The number of benzene rings is 1. The van der Waals surface area contributed by atoms with E-state index in [1.165, 1.54) is 5.56 Å². The molecule has 0 aliphatic carbocycles. The minimum absolute atomic E-state index is 0.0125. The maximum absolute atomic E-state index is 11.9. The van der Waals surface area contributed by atoms with Crippen LogP contribution in [0.15, 0.2) is 12.1 Å². The molecule has 2 rings (SSSR count). The number of halogens is 1. The zero-order valence-corrected chi connectivity index (χ0v) is 11.6. The highest BCUT2D eigenvalue weighted by molar-refractivity contribution is 6.34. The molecule has 0 aromatic heterocycles. The van der Waals surface area contributed by atoms with Gasteiger partial charge in [0.05, 0.1) is 16.1 Å². The molecular weight excluding hydrogens is 248 g/mol. The van der Waals surface area contributed by atoms with Crippen molar-refractivity contribution < 1.29 is 4.79 Å². The van der Waals surface area contributed by atoms with E-state index < -0.39 is 5.41 Å². The van der Waals surface area contributed by atoms with Gasteiger partial charge >= 0.3 is 0 Å². The van der Waals surface area contributed by atoms with Gasteiger partial charge in [0, 0.05) is 0 Å². The van der Waals surface area contributed by atoms with E-state index in [-0.39, 0.29) is 5.91 Å². The summed E-state index contributed by atoms with van der Waals surface area (Å²) in [7, 11) is 0. The standard InChI is InChI=1S/C14H19ClN2O/c1-14(2)10-7-9(5-3-4-6-16)8-11(15)12(10)17-13(14)18/h7-8H,3-6,16H2,1-2H3,(H,17,18). The first-order chi connectivity index (χ1) is 8.46. The second-order valence-corrected chi connectivity index (χ2v) is 5.73. The molecular formula is C14H19ClN2O. The molecule has 1 aliphatic rings. The summed E-state index contributed by atoms with van der Waals surface area (Å²) in [5.74, 6) is 0.0125. The largest absolute Gasteiger partial charge is 0.330 e. The van der Waals surface area contributed by atoms with Crippen LogP contribution in [0.4, 0.5) is 5.69 Å². The van der Waals surface area contributed by atoms with Gasteiger partial charge in [0.2, 0.25) is 5.91 Å². The Kier molecular flexibility index (Phi) is 3.64. The quantitative estimate of drug-likeness (QED) is 0.824. The lowest BCUT2D eigenvalue weighted by atomic mass is 9.85. The van der Waals surface area contributed by atoms with Crippen molar-refractivity contribution in [2.24, 2.45) is 5.73 Å². The van der Waals surface area contributed by atoms with Crippen LogP contribution in [0.25, 0.3) is 0 Å². The molecule has 0 spiro atoms. The second kappa shape index (κ2) is 4.90. The monoisotopic (exact) mass is 266 g/mol.